The van der Waals surface area contributed by atoms with Crippen molar-refractivity contribution in [3.05, 3.63) is 31.9 Å². The smallest absolute Gasteiger partial charge is 0.357 e. The molecule has 5 nitrogen and oxygen atoms in total. The summed E-state index contributed by atoms with van der Waals surface area (Å²) < 4.78 is 5.70. The van der Waals surface area contributed by atoms with Gasteiger partial charge >= 0.3 is 5.97 Å². The number of amides is 1. The summed E-state index contributed by atoms with van der Waals surface area (Å²) in [6, 6.07) is 3.51. The maximum atomic E-state index is 11.9. The Morgan fingerprint density at radius 2 is 2.26 bits per heavy atom. The molecule has 0 aliphatic rings. The molecule has 0 aromatic carbocycles. The standard InChI is InChI=1S/C11H9BrN2O3S2/c1-2-17-10(16)6-5-18-11(13-6)14-9(15)7-3-4-8(12)19-7/h3-5H,2H2,1H3,(H,13,14,15). The van der Waals surface area contributed by atoms with Gasteiger partial charge in [-0.3, -0.25) is 10.1 Å². The summed E-state index contributed by atoms with van der Waals surface area (Å²) in [5.41, 5.74) is 0.203. The van der Waals surface area contributed by atoms with E-state index in [1.165, 1.54) is 22.7 Å². The van der Waals surface area contributed by atoms with Crippen molar-refractivity contribution in [1.82, 2.24) is 4.98 Å². The summed E-state index contributed by atoms with van der Waals surface area (Å²) in [5, 5.41) is 4.57. The molecule has 2 aromatic rings. The van der Waals surface area contributed by atoms with E-state index < -0.39 is 5.97 Å². The normalized spacial score (nSPS) is 10.2. The molecule has 1 amide bonds. The molecule has 0 unspecified atom stereocenters. The lowest BCUT2D eigenvalue weighted by molar-refractivity contribution is 0.0520. The highest BCUT2D eigenvalue weighted by atomic mass is 79.9. The number of carbonyl (C=O) groups excluding carboxylic acids is 2. The molecule has 2 heterocycles. The van der Waals surface area contributed by atoms with Gasteiger partial charge in [-0.25, -0.2) is 9.78 Å². The quantitative estimate of drug-likeness (QED) is 0.848. The average Bonchev–Trinajstić information content (AvgIpc) is 2.98. The van der Waals surface area contributed by atoms with Gasteiger partial charge in [0, 0.05) is 5.38 Å². The highest BCUT2D eigenvalue weighted by molar-refractivity contribution is 9.11. The van der Waals surface area contributed by atoms with Crippen molar-refractivity contribution in [3.63, 3.8) is 0 Å². The van der Waals surface area contributed by atoms with E-state index in [0.717, 1.165) is 3.79 Å². The topological polar surface area (TPSA) is 68.3 Å². The second kappa shape index (κ2) is 6.27. The van der Waals surface area contributed by atoms with Crippen LogP contribution in [0.2, 0.25) is 0 Å². The second-order valence-electron chi connectivity index (χ2n) is 3.32. The summed E-state index contributed by atoms with van der Waals surface area (Å²) in [6.07, 6.45) is 0. The van der Waals surface area contributed by atoms with Crippen molar-refractivity contribution >= 4 is 55.6 Å². The third-order valence-electron chi connectivity index (χ3n) is 2.01. The van der Waals surface area contributed by atoms with Gasteiger partial charge in [-0.15, -0.1) is 22.7 Å². The Kier molecular flexibility index (Phi) is 4.67. The molecule has 2 rings (SSSR count). The van der Waals surface area contributed by atoms with Crippen molar-refractivity contribution < 1.29 is 14.3 Å². The molecule has 0 aliphatic heterocycles. The van der Waals surface area contributed by atoms with Gasteiger partial charge in [-0.1, -0.05) is 0 Å². The number of thiophene rings is 1. The Morgan fingerprint density at radius 3 is 2.89 bits per heavy atom. The fraction of sp³-hybridized carbons (Fsp3) is 0.182. The van der Waals surface area contributed by atoms with Crippen molar-refractivity contribution in [1.29, 1.82) is 0 Å². The minimum Gasteiger partial charge on any atom is -0.461 e. The van der Waals surface area contributed by atoms with Gasteiger partial charge in [0.15, 0.2) is 10.8 Å². The molecule has 0 fully saturated rings. The van der Waals surface area contributed by atoms with Crippen LogP contribution in [0, 0.1) is 0 Å². The molecule has 8 heteroatoms. The summed E-state index contributed by atoms with van der Waals surface area (Å²) in [6.45, 7) is 2.02. The zero-order valence-electron chi connectivity index (χ0n) is 9.81. The van der Waals surface area contributed by atoms with Crippen LogP contribution < -0.4 is 5.32 Å². The highest BCUT2D eigenvalue weighted by Crippen LogP contribution is 2.24. The average molecular weight is 361 g/mol. The number of hydrogen-bond acceptors (Lipinski definition) is 6. The van der Waals surface area contributed by atoms with E-state index in [1.54, 1.807) is 24.4 Å². The largest absolute Gasteiger partial charge is 0.461 e. The molecule has 0 bridgehead atoms. The first-order valence-corrected chi connectivity index (χ1v) is 7.78. The molecule has 0 aliphatic carbocycles. The molecule has 0 spiro atoms. The maximum Gasteiger partial charge on any atom is 0.357 e. The summed E-state index contributed by atoms with van der Waals surface area (Å²) >= 11 is 5.80. The summed E-state index contributed by atoms with van der Waals surface area (Å²) in [4.78, 5) is 27.9. The molecular formula is C11H9BrN2O3S2. The number of nitrogens with one attached hydrogen (secondary N) is 1. The number of anilines is 1. The molecule has 100 valence electrons. The molecular weight excluding hydrogens is 352 g/mol. The molecule has 1 N–H and O–H groups in total. The van der Waals surface area contributed by atoms with Gasteiger partial charge in [0.2, 0.25) is 0 Å². The van der Waals surface area contributed by atoms with Gasteiger partial charge in [0.1, 0.15) is 0 Å². The zero-order chi connectivity index (χ0) is 13.8. The number of esters is 1. The van der Waals surface area contributed by atoms with Crippen LogP contribution in [-0.2, 0) is 4.74 Å². The predicted molar refractivity (Wildman–Crippen MR) is 78.0 cm³/mol. The third kappa shape index (κ3) is 3.62. The van der Waals surface area contributed by atoms with E-state index in [4.69, 9.17) is 4.74 Å². The molecule has 0 saturated carbocycles. The van der Waals surface area contributed by atoms with E-state index in [9.17, 15) is 9.59 Å². The monoisotopic (exact) mass is 360 g/mol. The van der Waals surface area contributed by atoms with E-state index in [2.05, 4.69) is 26.2 Å². The van der Waals surface area contributed by atoms with Crippen LogP contribution in [-0.4, -0.2) is 23.5 Å². The van der Waals surface area contributed by atoms with Gasteiger partial charge in [-0.2, -0.15) is 0 Å². The molecule has 2 aromatic heterocycles. The Labute approximate surface area is 125 Å². The molecule has 19 heavy (non-hydrogen) atoms. The third-order valence-corrected chi connectivity index (χ3v) is 4.39. The van der Waals surface area contributed by atoms with E-state index in [1.807, 2.05) is 0 Å². The molecule has 0 saturated heterocycles. The fourth-order valence-electron chi connectivity index (χ4n) is 1.22. The number of ether oxygens (including phenoxy) is 1. The van der Waals surface area contributed by atoms with Crippen molar-refractivity contribution in [2.75, 3.05) is 11.9 Å². The van der Waals surface area contributed by atoms with E-state index in [-0.39, 0.29) is 11.6 Å². The van der Waals surface area contributed by atoms with Crippen LogP contribution in [0.3, 0.4) is 0 Å². The Hall–Kier alpha value is -1.25. The van der Waals surface area contributed by atoms with Crippen LogP contribution in [0.4, 0.5) is 5.13 Å². The van der Waals surface area contributed by atoms with Gasteiger partial charge < -0.3 is 4.74 Å². The lowest BCUT2D eigenvalue weighted by Crippen LogP contribution is -2.10. The Morgan fingerprint density at radius 1 is 1.47 bits per heavy atom. The Bertz CT molecular complexity index is 609. The number of rotatable bonds is 4. The number of nitrogens with zero attached hydrogens (tertiary/aromatic N) is 1. The number of hydrogen-bond donors (Lipinski definition) is 1. The van der Waals surface area contributed by atoms with Crippen LogP contribution in [0.1, 0.15) is 27.1 Å². The van der Waals surface area contributed by atoms with Crippen LogP contribution in [0.25, 0.3) is 0 Å². The van der Waals surface area contributed by atoms with Crippen LogP contribution in [0.15, 0.2) is 21.3 Å². The minimum atomic E-state index is -0.488. The zero-order valence-corrected chi connectivity index (χ0v) is 13.0. The first-order chi connectivity index (χ1) is 9.10. The van der Waals surface area contributed by atoms with Crippen LogP contribution >= 0.6 is 38.6 Å². The summed E-state index contributed by atoms with van der Waals surface area (Å²) in [7, 11) is 0. The van der Waals surface area contributed by atoms with Crippen molar-refractivity contribution in [2.45, 2.75) is 6.92 Å². The number of thiazole rings is 1. The molecule has 0 radical (unpaired) electrons. The molecule has 0 atom stereocenters. The van der Waals surface area contributed by atoms with Crippen LogP contribution in [0.5, 0.6) is 0 Å². The maximum absolute atomic E-state index is 11.9. The van der Waals surface area contributed by atoms with Crippen molar-refractivity contribution in [2.24, 2.45) is 0 Å². The lowest BCUT2D eigenvalue weighted by Gasteiger charge is -1.98. The number of halogens is 1. The van der Waals surface area contributed by atoms with E-state index >= 15 is 0 Å². The minimum absolute atomic E-state index is 0.203. The SMILES string of the molecule is CCOC(=O)c1csc(NC(=O)c2ccc(Br)s2)n1. The van der Waals surface area contributed by atoms with Gasteiger partial charge in [0.25, 0.3) is 5.91 Å². The highest BCUT2D eigenvalue weighted by Gasteiger charge is 2.14. The van der Waals surface area contributed by atoms with E-state index in [0.29, 0.717) is 16.6 Å². The Balaban J connectivity index is 2.04. The van der Waals surface area contributed by atoms with Gasteiger partial charge in [-0.05, 0) is 35.0 Å². The van der Waals surface area contributed by atoms with Crippen molar-refractivity contribution in [3.8, 4) is 0 Å². The fourth-order valence-corrected chi connectivity index (χ4v) is 3.18. The van der Waals surface area contributed by atoms with Gasteiger partial charge in [0.05, 0.1) is 15.3 Å². The summed E-state index contributed by atoms with van der Waals surface area (Å²) in [5.74, 6) is -0.737. The number of aromatic nitrogens is 1. The second-order valence-corrected chi connectivity index (χ2v) is 6.64. The predicted octanol–water partition coefficient (Wildman–Crippen LogP) is 3.40. The number of carbonyl (C=O) groups is 2. The first-order valence-electron chi connectivity index (χ1n) is 5.29. The first kappa shape index (κ1) is 14.2. The lowest BCUT2D eigenvalue weighted by atomic mass is 10.4.